The van der Waals surface area contributed by atoms with Crippen LogP contribution in [0.2, 0.25) is 0 Å². The molecule has 2 aliphatic rings. The van der Waals surface area contributed by atoms with Gasteiger partial charge in [-0.25, -0.2) is 4.98 Å². The molecule has 3 rings (SSSR count). The first kappa shape index (κ1) is 19.5. The van der Waals surface area contributed by atoms with Crippen LogP contribution in [0.25, 0.3) is 0 Å². The van der Waals surface area contributed by atoms with Crippen molar-refractivity contribution in [2.75, 3.05) is 57.3 Å². The van der Waals surface area contributed by atoms with Gasteiger partial charge in [0, 0.05) is 71.4 Å². The summed E-state index contributed by atoms with van der Waals surface area (Å²) >= 11 is 0. The van der Waals surface area contributed by atoms with Crippen molar-refractivity contribution >= 4 is 30.0 Å². The van der Waals surface area contributed by atoms with Crippen LogP contribution in [0, 0.1) is 0 Å². The molecule has 0 atom stereocenters. The molecule has 25 heavy (non-hydrogen) atoms. The minimum absolute atomic E-state index is 0. The summed E-state index contributed by atoms with van der Waals surface area (Å²) in [5.74, 6) is 1.13. The van der Waals surface area contributed by atoms with Gasteiger partial charge in [-0.15, -0.1) is 12.4 Å². The molecule has 8 heteroatoms. The predicted molar refractivity (Wildman–Crippen MR) is 99.0 cm³/mol. The minimum atomic E-state index is 0. The Morgan fingerprint density at radius 3 is 2.08 bits per heavy atom. The van der Waals surface area contributed by atoms with E-state index in [4.69, 9.17) is 0 Å². The number of halogens is 1. The average Bonchev–Trinajstić information content (AvgIpc) is 2.67. The van der Waals surface area contributed by atoms with Crippen LogP contribution in [0.4, 0.5) is 5.82 Å². The van der Waals surface area contributed by atoms with Crippen LogP contribution in [0.3, 0.4) is 0 Å². The maximum atomic E-state index is 12.3. The Morgan fingerprint density at radius 2 is 1.52 bits per heavy atom. The summed E-state index contributed by atoms with van der Waals surface area (Å²) in [7, 11) is 0. The fourth-order valence-corrected chi connectivity index (χ4v) is 3.17. The van der Waals surface area contributed by atoms with E-state index in [1.54, 1.807) is 6.20 Å². The van der Waals surface area contributed by atoms with Gasteiger partial charge in [-0.1, -0.05) is 6.07 Å². The first-order valence-corrected chi connectivity index (χ1v) is 8.66. The maximum Gasteiger partial charge on any atom is 0.223 e. The molecule has 0 radical (unpaired) electrons. The van der Waals surface area contributed by atoms with E-state index in [1.807, 2.05) is 28.0 Å². The highest BCUT2D eigenvalue weighted by atomic mass is 35.5. The third-order valence-corrected chi connectivity index (χ3v) is 4.63. The van der Waals surface area contributed by atoms with Gasteiger partial charge >= 0.3 is 0 Å². The third kappa shape index (κ3) is 5.31. The average molecular weight is 368 g/mol. The number of carbonyl (C=O) groups excluding carboxylic acids is 2. The number of nitrogens with one attached hydrogen (secondary N) is 1. The maximum absolute atomic E-state index is 12.3. The second kappa shape index (κ2) is 9.58. The molecule has 0 saturated carbocycles. The zero-order valence-electron chi connectivity index (χ0n) is 14.4. The molecule has 3 heterocycles. The standard InChI is InChI=1S/C17H25N5O2.ClH/c23-16(21-9-7-18-8-10-21)4-5-17(24)22-13-11-20(12-14-22)15-3-1-2-6-19-15;/h1-3,6,18H,4-5,7-14H2;1H. The summed E-state index contributed by atoms with van der Waals surface area (Å²) < 4.78 is 0. The summed E-state index contributed by atoms with van der Waals surface area (Å²) in [6.07, 6.45) is 2.42. The second-order valence-corrected chi connectivity index (χ2v) is 6.19. The number of amides is 2. The lowest BCUT2D eigenvalue weighted by atomic mass is 10.2. The monoisotopic (exact) mass is 367 g/mol. The molecular formula is C17H26ClN5O2. The van der Waals surface area contributed by atoms with Crippen molar-refractivity contribution in [3.05, 3.63) is 24.4 Å². The molecule has 1 N–H and O–H groups in total. The van der Waals surface area contributed by atoms with Crippen molar-refractivity contribution in [2.45, 2.75) is 12.8 Å². The quantitative estimate of drug-likeness (QED) is 0.832. The van der Waals surface area contributed by atoms with Gasteiger partial charge < -0.3 is 20.0 Å². The molecule has 2 saturated heterocycles. The molecule has 1 aromatic rings. The number of piperazine rings is 2. The summed E-state index contributed by atoms with van der Waals surface area (Å²) in [6, 6.07) is 5.86. The van der Waals surface area contributed by atoms with Crippen LogP contribution in [-0.2, 0) is 9.59 Å². The first-order valence-electron chi connectivity index (χ1n) is 8.66. The Bertz CT molecular complexity index is 557. The fourth-order valence-electron chi connectivity index (χ4n) is 3.17. The number of rotatable bonds is 4. The van der Waals surface area contributed by atoms with E-state index >= 15 is 0 Å². The van der Waals surface area contributed by atoms with Crippen LogP contribution in [0.1, 0.15) is 12.8 Å². The molecule has 0 unspecified atom stereocenters. The van der Waals surface area contributed by atoms with Gasteiger partial charge in [-0.05, 0) is 12.1 Å². The normalized spacial score (nSPS) is 17.8. The number of anilines is 1. The Morgan fingerprint density at radius 1 is 0.920 bits per heavy atom. The summed E-state index contributed by atoms with van der Waals surface area (Å²) in [4.78, 5) is 34.7. The van der Waals surface area contributed by atoms with Gasteiger partial charge in [0.05, 0.1) is 0 Å². The molecule has 0 aromatic carbocycles. The van der Waals surface area contributed by atoms with Crippen molar-refractivity contribution < 1.29 is 9.59 Å². The zero-order chi connectivity index (χ0) is 16.8. The summed E-state index contributed by atoms with van der Waals surface area (Å²) in [5.41, 5.74) is 0. The Labute approximate surface area is 154 Å². The Kier molecular flexibility index (Phi) is 7.46. The number of hydrogen-bond donors (Lipinski definition) is 1. The highest BCUT2D eigenvalue weighted by molar-refractivity contribution is 5.85. The topological polar surface area (TPSA) is 68.8 Å². The van der Waals surface area contributed by atoms with E-state index in [-0.39, 0.29) is 24.2 Å². The lowest BCUT2D eigenvalue weighted by molar-refractivity contribution is -0.137. The third-order valence-electron chi connectivity index (χ3n) is 4.63. The Hall–Kier alpha value is -1.86. The van der Waals surface area contributed by atoms with Gasteiger partial charge in [0.15, 0.2) is 0 Å². The largest absolute Gasteiger partial charge is 0.353 e. The van der Waals surface area contributed by atoms with Crippen molar-refractivity contribution in [2.24, 2.45) is 0 Å². The van der Waals surface area contributed by atoms with E-state index in [1.165, 1.54) is 0 Å². The summed E-state index contributed by atoms with van der Waals surface area (Å²) in [6.45, 7) is 6.13. The van der Waals surface area contributed by atoms with Gasteiger partial charge in [0.2, 0.25) is 11.8 Å². The molecule has 2 fully saturated rings. The van der Waals surface area contributed by atoms with Crippen LogP contribution in [0.5, 0.6) is 0 Å². The zero-order valence-corrected chi connectivity index (χ0v) is 15.2. The minimum Gasteiger partial charge on any atom is -0.353 e. The molecular weight excluding hydrogens is 342 g/mol. The van der Waals surface area contributed by atoms with Crippen molar-refractivity contribution in [1.29, 1.82) is 0 Å². The van der Waals surface area contributed by atoms with Crippen molar-refractivity contribution in [3.63, 3.8) is 0 Å². The number of carbonyl (C=O) groups is 2. The van der Waals surface area contributed by atoms with Crippen molar-refractivity contribution in [3.8, 4) is 0 Å². The number of pyridine rings is 1. The molecule has 1 aromatic heterocycles. The van der Waals surface area contributed by atoms with Gasteiger partial charge in [0.1, 0.15) is 5.82 Å². The highest BCUT2D eigenvalue weighted by Crippen LogP contribution is 2.13. The lowest BCUT2D eigenvalue weighted by Crippen LogP contribution is -2.49. The number of nitrogens with zero attached hydrogens (tertiary/aromatic N) is 4. The van der Waals surface area contributed by atoms with Gasteiger partial charge in [-0.2, -0.15) is 0 Å². The predicted octanol–water partition coefficient (Wildman–Crippen LogP) is 0.364. The molecule has 0 bridgehead atoms. The number of aromatic nitrogens is 1. The van der Waals surface area contributed by atoms with E-state index in [0.717, 1.165) is 45.1 Å². The lowest BCUT2D eigenvalue weighted by Gasteiger charge is -2.35. The number of hydrogen-bond acceptors (Lipinski definition) is 5. The van der Waals surface area contributed by atoms with Gasteiger partial charge in [0.25, 0.3) is 0 Å². The smallest absolute Gasteiger partial charge is 0.223 e. The van der Waals surface area contributed by atoms with E-state index < -0.39 is 0 Å². The first-order chi connectivity index (χ1) is 11.7. The van der Waals surface area contributed by atoms with Crippen molar-refractivity contribution in [1.82, 2.24) is 20.1 Å². The SMILES string of the molecule is Cl.O=C(CCC(=O)N1CCN(c2ccccn2)CC1)N1CCNCC1. The van der Waals surface area contributed by atoms with Crippen LogP contribution >= 0.6 is 12.4 Å². The second-order valence-electron chi connectivity index (χ2n) is 6.19. The molecule has 0 spiro atoms. The molecule has 138 valence electrons. The molecule has 7 nitrogen and oxygen atoms in total. The van der Waals surface area contributed by atoms with Crippen LogP contribution in [-0.4, -0.2) is 79.0 Å². The van der Waals surface area contributed by atoms with E-state index in [2.05, 4.69) is 15.2 Å². The molecule has 2 aliphatic heterocycles. The highest BCUT2D eigenvalue weighted by Gasteiger charge is 2.23. The van der Waals surface area contributed by atoms with E-state index in [9.17, 15) is 9.59 Å². The van der Waals surface area contributed by atoms with Crippen LogP contribution < -0.4 is 10.2 Å². The van der Waals surface area contributed by atoms with Crippen LogP contribution in [0.15, 0.2) is 24.4 Å². The molecule has 0 aliphatic carbocycles. The summed E-state index contributed by atoms with van der Waals surface area (Å²) in [5, 5.41) is 3.22. The Balaban J connectivity index is 0.00000225. The fraction of sp³-hybridized carbons (Fsp3) is 0.588. The molecule has 2 amide bonds. The van der Waals surface area contributed by atoms with Gasteiger partial charge in [-0.3, -0.25) is 9.59 Å². The van der Waals surface area contributed by atoms with E-state index in [0.29, 0.717) is 25.9 Å².